The van der Waals surface area contributed by atoms with Crippen LogP contribution in [0.15, 0.2) is 35.2 Å². The third-order valence-electron chi connectivity index (χ3n) is 4.64. The molecule has 0 amide bonds. The SMILES string of the molecule is c1ccc(SC[C@H]2O[C@@H]2[C@H]2COC3(CCCCC3)O2)cc1. The van der Waals surface area contributed by atoms with Gasteiger partial charge in [0.2, 0.25) is 0 Å². The number of hydrogen-bond acceptors (Lipinski definition) is 4. The lowest BCUT2D eigenvalue weighted by Gasteiger charge is -2.31. The van der Waals surface area contributed by atoms with Crippen LogP contribution >= 0.6 is 11.8 Å². The Morgan fingerprint density at radius 1 is 1.10 bits per heavy atom. The van der Waals surface area contributed by atoms with Crippen LogP contribution in [-0.4, -0.2) is 36.5 Å². The molecule has 1 aliphatic carbocycles. The maximum absolute atomic E-state index is 6.24. The first-order valence-corrected chi connectivity index (χ1v) is 8.98. The second-order valence-corrected chi connectivity index (χ2v) is 7.30. The highest BCUT2D eigenvalue weighted by Crippen LogP contribution is 2.42. The Labute approximate surface area is 130 Å². The van der Waals surface area contributed by atoms with Crippen molar-refractivity contribution in [1.29, 1.82) is 0 Å². The van der Waals surface area contributed by atoms with Crippen molar-refractivity contribution in [1.82, 2.24) is 0 Å². The molecular weight excluding hydrogens is 284 g/mol. The molecule has 1 saturated carbocycles. The van der Waals surface area contributed by atoms with Crippen molar-refractivity contribution in [2.75, 3.05) is 12.4 Å². The molecule has 2 heterocycles. The highest BCUT2D eigenvalue weighted by molar-refractivity contribution is 7.99. The molecule has 1 aromatic carbocycles. The molecule has 0 radical (unpaired) electrons. The highest BCUT2D eigenvalue weighted by Gasteiger charge is 2.53. The molecule has 3 nitrogen and oxygen atoms in total. The van der Waals surface area contributed by atoms with Crippen molar-refractivity contribution in [3.05, 3.63) is 30.3 Å². The van der Waals surface area contributed by atoms with Crippen LogP contribution in [0.2, 0.25) is 0 Å². The molecule has 4 heteroatoms. The fourth-order valence-corrected chi connectivity index (χ4v) is 4.38. The van der Waals surface area contributed by atoms with E-state index in [0.29, 0.717) is 12.7 Å². The minimum Gasteiger partial charge on any atom is -0.366 e. The van der Waals surface area contributed by atoms with Crippen LogP contribution in [0.5, 0.6) is 0 Å². The Balaban J connectivity index is 1.26. The summed E-state index contributed by atoms with van der Waals surface area (Å²) < 4.78 is 18.1. The fraction of sp³-hybridized carbons (Fsp3) is 0.647. The van der Waals surface area contributed by atoms with Gasteiger partial charge in [-0.3, -0.25) is 0 Å². The van der Waals surface area contributed by atoms with Crippen molar-refractivity contribution in [2.24, 2.45) is 0 Å². The van der Waals surface area contributed by atoms with Gasteiger partial charge in [-0.2, -0.15) is 0 Å². The Hall–Kier alpha value is -0.550. The Bertz CT molecular complexity index is 472. The number of hydrogen-bond donors (Lipinski definition) is 0. The molecule has 3 aliphatic rings. The summed E-state index contributed by atoms with van der Waals surface area (Å²) >= 11 is 1.86. The first-order valence-electron chi connectivity index (χ1n) is 8.00. The van der Waals surface area contributed by atoms with Gasteiger partial charge in [0.15, 0.2) is 5.79 Å². The molecule has 0 aromatic heterocycles. The molecule has 3 fully saturated rings. The van der Waals surface area contributed by atoms with Gasteiger partial charge < -0.3 is 14.2 Å². The van der Waals surface area contributed by atoms with E-state index in [4.69, 9.17) is 14.2 Å². The van der Waals surface area contributed by atoms with Crippen molar-refractivity contribution in [3.8, 4) is 0 Å². The van der Waals surface area contributed by atoms with E-state index in [1.165, 1.54) is 24.2 Å². The van der Waals surface area contributed by atoms with E-state index in [1.54, 1.807) is 0 Å². The summed E-state index contributed by atoms with van der Waals surface area (Å²) in [7, 11) is 0. The molecular formula is C17H22O3S. The Morgan fingerprint density at radius 3 is 2.71 bits per heavy atom. The molecule has 0 unspecified atom stereocenters. The van der Waals surface area contributed by atoms with Gasteiger partial charge in [0.25, 0.3) is 0 Å². The molecule has 0 bridgehead atoms. The molecule has 2 aliphatic heterocycles. The second-order valence-electron chi connectivity index (χ2n) is 6.20. The topological polar surface area (TPSA) is 31.0 Å². The second kappa shape index (κ2) is 5.92. The molecule has 2 saturated heterocycles. The summed E-state index contributed by atoms with van der Waals surface area (Å²) in [4.78, 5) is 1.30. The summed E-state index contributed by atoms with van der Waals surface area (Å²) in [6.45, 7) is 0.706. The predicted molar refractivity (Wildman–Crippen MR) is 82.5 cm³/mol. The van der Waals surface area contributed by atoms with Crippen LogP contribution in [0.25, 0.3) is 0 Å². The number of rotatable bonds is 4. The summed E-state index contributed by atoms with van der Waals surface area (Å²) in [5.41, 5.74) is 0. The van der Waals surface area contributed by atoms with Crippen LogP contribution in [0, 0.1) is 0 Å². The zero-order valence-corrected chi connectivity index (χ0v) is 13.0. The molecule has 4 rings (SSSR count). The van der Waals surface area contributed by atoms with Gasteiger partial charge in [-0.25, -0.2) is 0 Å². The van der Waals surface area contributed by atoms with Gasteiger partial charge in [0.05, 0.1) is 12.7 Å². The van der Waals surface area contributed by atoms with E-state index in [1.807, 2.05) is 17.8 Å². The normalized spacial score (nSPS) is 34.2. The first kappa shape index (κ1) is 14.1. The van der Waals surface area contributed by atoms with Crippen LogP contribution in [0.4, 0.5) is 0 Å². The van der Waals surface area contributed by atoms with Crippen molar-refractivity contribution >= 4 is 11.8 Å². The van der Waals surface area contributed by atoms with Crippen LogP contribution in [0.3, 0.4) is 0 Å². The minimum atomic E-state index is -0.272. The summed E-state index contributed by atoms with van der Waals surface area (Å²) in [6, 6.07) is 10.5. The number of epoxide rings is 1. The van der Waals surface area contributed by atoms with Gasteiger partial charge in [0.1, 0.15) is 12.2 Å². The van der Waals surface area contributed by atoms with Gasteiger partial charge in [0, 0.05) is 23.5 Å². The minimum absolute atomic E-state index is 0.143. The van der Waals surface area contributed by atoms with E-state index in [2.05, 4.69) is 24.3 Å². The molecule has 0 N–H and O–H groups in total. The third-order valence-corrected chi connectivity index (χ3v) is 5.74. The number of thioether (sulfide) groups is 1. The lowest BCUT2D eigenvalue weighted by Crippen LogP contribution is -2.34. The molecule has 114 valence electrons. The van der Waals surface area contributed by atoms with Crippen LogP contribution in [-0.2, 0) is 14.2 Å². The van der Waals surface area contributed by atoms with Gasteiger partial charge in [-0.1, -0.05) is 24.6 Å². The molecule has 3 atom stereocenters. The number of ether oxygens (including phenoxy) is 3. The van der Waals surface area contributed by atoms with Gasteiger partial charge >= 0.3 is 0 Å². The maximum Gasteiger partial charge on any atom is 0.169 e. The zero-order chi connectivity index (χ0) is 14.1. The number of benzene rings is 1. The van der Waals surface area contributed by atoms with Crippen molar-refractivity contribution in [2.45, 2.75) is 61.1 Å². The molecule has 21 heavy (non-hydrogen) atoms. The maximum atomic E-state index is 6.24. The van der Waals surface area contributed by atoms with E-state index in [-0.39, 0.29) is 18.0 Å². The summed E-state index contributed by atoms with van der Waals surface area (Å²) in [5.74, 6) is 0.730. The van der Waals surface area contributed by atoms with E-state index >= 15 is 0 Å². The summed E-state index contributed by atoms with van der Waals surface area (Å²) in [6.07, 6.45) is 6.58. The Kier molecular flexibility index (Phi) is 3.96. The first-order chi connectivity index (χ1) is 10.3. The monoisotopic (exact) mass is 306 g/mol. The fourth-order valence-electron chi connectivity index (χ4n) is 3.41. The molecule has 1 aromatic rings. The standard InChI is InChI=1S/C17H22O3S/c1-3-7-13(8-4-1)21-12-15-16(19-15)14-11-18-17(20-14)9-5-2-6-10-17/h1,3-4,7-8,14-16H,2,5-6,9-12H2/t14-,15-,16-/m1/s1. The smallest absolute Gasteiger partial charge is 0.169 e. The lowest BCUT2D eigenvalue weighted by atomic mass is 9.94. The predicted octanol–water partition coefficient (Wildman–Crippen LogP) is 3.62. The van der Waals surface area contributed by atoms with Crippen molar-refractivity contribution < 1.29 is 14.2 Å². The van der Waals surface area contributed by atoms with Crippen molar-refractivity contribution in [3.63, 3.8) is 0 Å². The molecule has 1 spiro atoms. The third kappa shape index (κ3) is 3.14. The zero-order valence-electron chi connectivity index (χ0n) is 12.2. The van der Waals surface area contributed by atoms with Gasteiger partial charge in [-0.05, 0) is 25.0 Å². The largest absolute Gasteiger partial charge is 0.366 e. The average molecular weight is 306 g/mol. The lowest BCUT2D eigenvalue weighted by molar-refractivity contribution is -0.188. The highest BCUT2D eigenvalue weighted by atomic mass is 32.2. The summed E-state index contributed by atoms with van der Waals surface area (Å²) in [5, 5.41) is 0. The van der Waals surface area contributed by atoms with E-state index < -0.39 is 0 Å². The van der Waals surface area contributed by atoms with Crippen LogP contribution in [0.1, 0.15) is 32.1 Å². The average Bonchev–Trinajstić information content (AvgIpc) is 3.21. The van der Waals surface area contributed by atoms with E-state index in [9.17, 15) is 0 Å². The quantitative estimate of drug-likeness (QED) is 0.628. The van der Waals surface area contributed by atoms with E-state index in [0.717, 1.165) is 18.6 Å². The van der Waals surface area contributed by atoms with Crippen LogP contribution < -0.4 is 0 Å². The van der Waals surface area contributed by atoms with Gasteiger partial charge in [-0.15, -0.1) is 11.8 Å². The Morgan fingerprint density at radius 2 is 1.90 bits per heavy atom.